The second-order valence-corrected chi connectivity index (χ2v) is 7.03. The highest BCUT2D eigenvalue weighted by molar-refractivity contribution is 6.16. The molecule has 0 saturated heterocycles. The van der Waals surface area contributed by atoms with E-state index in [9.17, 15) is 19.8 Å². The number of aromatic hydroxyl groups is 1. The number of aliphatic hydroxyl groups excluding tert-OH is 1. The summed E-state index contributed by atoms with van der Waals surface area (Å²) in [5.41, 5.74) is 1.89. The minimum Gasteiger partial charge on any atom is -0.508 e. The van der Waals surface area contributed by atoms with E-state index in [-0.39, 0.29) is 23.1 Å². The number of nitrogens with zero attached hydrogens (tertiary/aromatic N) is 2. The van der Waals surface area contributed by atoms with Crippen LogP contribution in [0.1, 0.15) is 25.5 Å². The third-order valence-corrected chi connectivity index (χ3v) is 4.79. The number of H-pyrrole nitrogens is 1. The van der Waals surface area contributed by atoms with Crippen LogP contribution >= 0.6 is 0 Å². The fourth-order valence-corrected chi connectivity index (χ4v) is 3.45. The molecular weight excluding hydrogens is 358 g/mol. The molecule has 0 saturated carbocycles. The number of ketones is 1. The van der Waals surface area contributed by atoms with Gasteiger partial charge in [0.05, 0.1) is 22.6 Å². The number of Topliss-reactive ketones (excluding diaryl/α,β-unsaturated/α-hetero) is 1. The highest BCUT2D eigenvalue weighted by Crippen LogP contribution is 2.41. The lowest BCUT2D eigenvalue weighted by Gasteiger charge is -2.25. The Morgan fingerprint density at radius 3 is 2.57 bits per heavy atom. The summed E-state index contributed by atoms with van der Waals surface area (Å²) in [6, 6.07) is 12.7. The molecule has 4 rings (SSSR count). The molecule has 0 spiro atoms. The lowest BCUT2D eigenvalue weighted by Crippen LogP contribution is -2.32. The van der Waals surface area contributed by atoms with Gasteiger partial charge in [0.1, 0.15) is 5.75 Å². The number of aromatic amines is 1. The number of anilines is 1. The van der Waals surface area contributed by atoms with Gasteiger partial charge in [0.2, 0.25) is 5.95 Å². The number of benzene rings is 2. The highest BCUT2D eigenvalue weighted by atomic mass is 16.3. The number of rotatable bonds is 4. The van der Waals surface area contributed by atoms with E-state index in [4.69, 9.17) is 0 Å². The van der Waals surface area contributed by atoms with E-state index in [1.54, 1.807) is 32.0 Å². The van der Waals surface area contributed by atoms with Gasteiger partial charge in [-0.3, -0.25) is 14.5 Å². The number of amides is 1. The maximum absolute atomic E-state index is 12.9. The largest absolute Gasteiger partial charge is 0.508 e. The van der Waals surface area contributed by atoms with Gasteiger partial charge in [-0.1, -0.05) is 38.1 Å². The number of aliphatic hydroxyl groups is 1. The van der Waals surface area contributed by atoms with Crippen molar-refractivity contribution in [2.24, 2.45) is 5.92 Å². The molecule has 28 heavy (non-hydrogen) atoms. The van der Waals surface area contributed by atoms with Crippen molar-refractivity contribution < 1.29 is 19.8 Å². The Labute approximate surface area is 160 Å². The van der Waals surface area contributed by atoms with Crippen LogP contribution in [0.2, 0.25) is 0 Å². The molecule has 3 aromatic rings. The maximum Gasteiger partial charge on any atom is 0.296 e. The topological polar surface area (TPSA) is 107 Å². The van der Waals surface area contributed by atoms with Gasteiger partial charge in [-0.2, -0.15) is 0 Å². The quantitative estimate of drug-likeness (QED) is 0.646. The lowest BCUT2D eigenvalue weighted by atomic mass is 9.91. The van der Waals surface area contributed by atoms with Gasteiger partial charge in [0, 0.05) is 5.92 Å². The van der Waals surface area contributed by atoms with Gasteiger partial charge in [0.25, 0.3) is 5.91 Å². The summed E-state index contributed by atoms with van der Waals surface area (Å²) in [5, 5.41) is 20.5. The van der Waals surface area contributed by atoms with E-state index in [1.165, 1.54) is 17.0 Å². The Balaban J connectivity index is 1.91. The zero-order chi connectivity index (χ0) is 20.0. The number of hydrogen-bond donors (Lipinski definition) is 3. The van der Waals surface area contributed by atoms with E-state index in [2.05, 4.69) is 9.97 Å². The van der Waals surface area contributed by atoms with Gasteiger partial charge < -0.3 is 15.2 Å². The standard InChI is InChI=1S/C21H19N3O4/c1-11(2)18(26)16-17(12-6-5-7-13(25)10-12)24(20(28)19(16)27)21-22-14-8-3-4-9-15(14)23-21/h3-11,17,25,27H,1-2H3,(H,22,23). The summed E-state index contributed by atoms with van der Waals surface area (Å²) in [6.07, 6.45) is 0. The number of phenolic OH excluding ortho intramolecular Hbond substituents is 1. The smallest absolute Gasteiger partial charge is 0.296 e. The fourth-order valence-electron chi connectivity index (χ4n) is 3.45. The second-order valence-electron chi connectivity index (χ2n) is 7.03. The van der Waals surface area contributed by atoms with Crippen LogP contribution in [-0.4, -0.2) is 31.9 Å². The molecule has 1 unspecified atom stereocenters. The fraction of sp³-hybridized carbons (Fsp3) is 0.190. The van der Waals surface area contributed by atoms with Gasteiger partial charge >= 0.3 is 0 Å². The highest BCUT2D eigenvalue weighted by Gasteiger charge is 2.46. The summed E-state index contributed by atoms with van der Waals surface area (Å²) in [4.78, 5) is 34.6. The molecule has 1 aliphatic rings. The number of phenols is 1. The van der Waals surface area contributed by atoms with Crippen molar-refractivity contribution in [3.05, 3.63) is 65.4 Å². The summed E-state index contributed by atoms with van der Waals surface area (Å²) in [5.74, 6) is -1.84. The van der Waals surface area contributed by atoms with E-state index < -0.39 is 23.6 Å². The first kappa shape index (κ1) is 17.8. The van der Waals surface area contributed by atoms with Crippen LogP contribution in [0.4, 0.5) is 5.95 Å². The van der Waals surface area contributed by atoms with Gasteiger partial charge in [-0.05, 0) is 29.8 Å². The van der Waals surface area contributed by atoms with E-state index >= 15 is 0 Å². The van der Waals surface area contributed by atoms with Crippen molar-refractivity contribution in [1.82, 2.24) is 9.97 Å². The number of carbonyl (C=O) groups is 2. The third-order valence-electron chi connectivity index (χ3n) is 4.79. The first-order chi connectivity index (χ1) is 13.4. The molecule has 0 aliphatic carbocycles. The van der Waals surface area contributed by atoms with Crippen LogP contribution in [0.5, 0.6) is 5.75 Å². The van der Waals surface area contributed by atoms with Crippen LogP contribution in [0.15, 0.2) is 59.9 Å². The van der Waals surface area contributed by atoms with Crippen LogP contribution in [0.25, 0.3) is 11.0 Å². The van der Waals surface area contributed by atoms with Crippen LogP contribution < -0.4 is 4.90 Å². The lowest BCUT2D eigenvalue weighted by molar-refractivity contribution is -0.119. The molecule has 1 amide bonds. The number of hydrogen-bond acceptors (Lipinski definition) is 5. The minimum absolute atomic E-state index is 0.00255. The predicted molar refractivity (Wildman–Crippen MR) is 104 cm³/mol. The monoisotopic (exact) mass is 377 g/mol. The maximum atomic E-state index is 12.9. The Kier molecular flexibility index (Phi) is 4.15. The van der Waals surface area contributed by atoms with Crippen molar-refractivity contribution in [1.29, 1.82) is 0 Å². The van der Waals surface area contributed by atoms with Crippen LogP contribution in [-0.2, 0) is 9.59 Å². The summed E-state index contributed by atoms with van der Waals surface area (Å²) in [6.45, 7) is 3.41. The molecule has 1 aliphatic heterocycles. The third kappa shape index (κ3) is 2.72. The number of nitrogens with one attached hydrogen (secondary N) is 1. The van der Waals surface area contributed by atoms with Crippen molar-refractivity contribution in [3.63, 3.8) is 0 Å². The first-order valence-electron chi connectivity index (χ1n) is 8.93. The molecule has 7 heteroatoms. The Morgan fingerprint density at radius 1 is 1.14 bits per heavy atom. The van der Waals surface area contributed by atoms with Crippen molar-refractivity contribution >= 4 is 28.7 Å². The summed E-state index contributed by atoms with van der Waals surface area (Å²) < 4.78 is 0. The second kappa shape index (κ2) is 6.53. The normalized spacial score (nSPS) is 17.2. The van der Waals surface area contributed by atoms with E-state index in [0.29, 0.717) is 11.1 Å². The molecule has 0 fully saturated rings. The molecule has 2 heterocycles. The van der Waals surface area contributed by atoms with Gasteiger partial charge in [-0.25, -0.2) is 4.98 Å². The van der Waals surface area contributed by atoms with Crippen molar-refractivity contribution in [2.45, 2.75) is 19.9 Å². The zero-order valence-corrected chi connectivity index (χ0v) is 15.4. The van der Waals surface area contributed by atoms with Gasteiger partial charge in [-0.15, -0.1) is 0 Å². The Hall–Kier alpha value is -3.61. The molecule has 7 nitrogen and oxygen atoms in total. The zero-order valence-electron chi connectivity index (χ0n) is 15.4. The average molecular weight is 377 g/mol. The molecule has 1 atom stereocenters. The number of imidazole rings is 1. The number of para-hydroxylation sites is 2. The predicted octanol–water partition coefficient (Wildman–Crippen LogP) is 3.39. The Bertz CT molecular complexity index is 1100. The van der Waals surface area contributed by atoms with E-state index in [1.807, 2.05) is 18.2 Å². The van der Waals surface area contributed by atoms with Crippen LogP contribution in [0, 0.1) is 5.92 Å². The molecule has 3 N–H and O–H groups in total. The Morgan fingerprint density at radius 2 is 1.89 bits per heavy atom. The van der Waals surface area contributed by atoms with Crippen molar-refractivity contribution in [3.8, 4) is 5.75 Å². The summed E-state index contributed by atoms with van der Waals surface area (Å²) >= 11 is 0. The first-order valence-corrected chi connectivity index (χ1v) is 8.93. The molecule has 0 radical (unpaired) electrons. The van der Waals surface area contributed by atoms with Gasteiger partial charge in [0.15, 0.2) is 11.5 Å². The molecule has 1 aromatic heterocycles. The molecule has 0 bridgehead atoms. The molecule has 142 valence electrons. The number of fused-ring (bicyclic) bond motifs is 1. The van der Waals surface area contributed by atoms with E-state index in [0.717, 1.165) is 5.52 Å². The number of aromatic nitrogens is 2. The average Bonchev–Trinajstić information content (AvgIpc) is 3.20. The van der Waals surface area contributed by atoms with Crippen LogP contribution in [0.3, 0.4) is 0 Å². The minimum atomic E-state index is -0.893. The molecular formula is C21H19N3O4. The SMILES string of the molecule is CC(C)C(=O)C1=C(O)C(=O)N(c2nc3ccccc3[nH]2)C1c1cccc(O)c1. The van der Waals surface area contributed by atoms with Crippen molar-refractivity contribution in [2.75, 3.05) is 4.90 Å². The number of carbonyl (C=O) groups excluding carboxylic acids is 2. The molecule has 2 aromatic carbocycles. The summed E-state index contributed by atoms with van der Waals surface area (Å²) in [7, 11) is 0.